The number of aromatic nitrogens is 2. The Morgan fingerprint density at radius 3 is 2.42 bits per heavy atom. The molecule has 106 valence electrons. The summed E-state index contributed by atoms with van der Waals surface area (Å²) in [5, 5.41) is 0.248. The molecule has 0 amide bonds. The first kappa shape index (κ1) is 14.7. The SMILES string of the molecule is FC(F)(F)C1CCN(c2ncnc(Cl)c2CCl)CC1. The molecular formula is C11H12Cl2F3N3. The molecule has 1 aliphatic heterocycles. The zero-order valence-electron chi connectivity index (χ0n) is 9.92. The molecule has 2 rings (SSSR count). The van der Waals surface area contributed by atoms with Crippen LogP contribution in [-0.2, 0) is 5.88 Å². The second-order valence-electron chi connectivity index (χ2n) is 4.40. The van der Waals surface area contributed by atoms with Gasteiger partial charge in [-0.25, -0.2) is 9.97 Å². The first-order valence-electron chi connectivity index (χ1n) is 5.80. The van der Waals surface area contributed by atoms with Crippen molar-refractivity contribution in [1.82, 2.24) is 9.97 Å². The highest BCUT2D eigenvalue weighted by atomic mass is 35.5. The van der Waals surface area contributed by atoms with Gasteiger partial charge in [0.05, 0.1) is 11.8 Å². The van der Waals surface area contributed by atoms with E-state index < -0.39 is 12.1 Å². The summed E-state index contributed by atoms with van der Waals surface area (Å²) in [6.07, 6.45) is -2.70. The lowest BCUT2D eigenvalue weighted by Gasteiger charge is -2.34. The Bertz CT molecular complexity index is 445. The lowest BCUT2D eigenvalue weighted by atomic mass is 9.96. The Kier molecular flexibility index (Phi) is 4.40. The fraction of sp³-hybridized carbons (Fsp3) is 0.636. The van der Waals surface area contributed by atoms with Crippen molar-refractivity contribution in [3.05, 3.63) is 17.0 Å². The molecule has 0 N–H and O–H groups in total. The maximum atomic E-state index is 12.6. The molecule has 2 heterocycles. The maximum absolute atomic E-state index is 12.6. The molecule has 0 atom stereocenters. The quantitative estimate of drug-likeness (QED) is 0.616. The first-order valence-corrected chi connectivity index (χ1v) is 6.71. The van der Waals surface area contributed by atoms with Crippen molar-refractivity contribution in [3.8, 4) is 0 Å². The van der Waals surface area contributed by atoms with Crippen LogP contribution in [0.25, 0.3) is 0 Å². The summed E-state index contributed by atoms with van der Waals surface area (Å²) in [4.78, 5) is 9.69. The molecule has 1 aromatic heterocycles. The van der Waals surface area contributed by atoms with Crippen LogP contribution < -0.4 is 4.90 Å². The number of alkyl halides is 4. The normalized spacial score (nSPS) is 17.8. The number of nitrogens with zero attached hydrogens (tertiary/aromatic N) is 3. The van der Waals surface area contributed by atoms with Crippen molar-refractivity contribution in [2.45, 2.75) is 24.9 Å². The van der Waals surface area contributed by atoms with E-state index in [9.17, 15) is 13.2 Å². The smallest absolute Gasteiger partial charge is 0.356 e. The fourth-order valence-corrected chi connectivity index (χ4v) is 2.70. The zero-order chi connectivity index (χ0) is 14.0. The minimum Gasteiger partial charge on any atom is -0.356 e. The average molecular weight is 314 g/mol. The van der Waals surface area contributed by atoms with Crippen LogP contribution in [0.1, 0.15) is 18.4 Å². The van der Waals surface area contributed by atoms with E-state index in [-0.39, 0.29) is 23.9 Å². The Balaban J connectivity index is 2.12. The minimum absolute atomic E-state index is 0.0623. The lowest BCUT2D eigenvalue weighted by molar-refractivity contribution is -0.179. The van der Waals surface area contributed by atoms with Crippen LogP contribution in [0, 0.1) is 5.92 Å². The van der Waals surface area contributed by atoms with Crippen molar-refractivity contribution in [1.29, 1.82) is 0 Å². The van der Waals surface area contributed by atoms with Gasteiger partial charge in [0.25, 0.3) is 0 Å². The highest BCUT2D eigenvalue weighted by molar-refractivity contribution is 6.31. The zero-order valence-corrected chi connectivity index (χ0v) is 11.4. The number of anilines is 1. The number of hydrogen-bond acceptors (Lipinski definition) is 3. The molecule has 0 unspecified atom stereocenters. The average Bonchev–Trinajstić information content (AvgIpc) is 2.37. The van der Waals surface area contributed by atoms with Crippen LogP contribution in [-0.4, -0.2) is 29.2 Å². The van der Waals surface area contributed by atoms with Gasteiger partial charge >= 0.3 is 6.18 Å². The van der Waals surface area contributed by atoms with E-state index >= 15 is 0 Å². The van der Waals surface area contributed by atoms with Gasteiger partial charge < -0.3 is 4.90 Å². The minimum atomic E-state index is -4.12. The van der Waals surface area contributed by atoms with Crippen molar-refractivity contribution in [3.63, 3.8) is 0 Å². The van der Waals surface area contributed by atoms with Crippen LogP contribution in [0.3, 0.4) is 0 Å². The molecule has 3 nitrogen and oxygen atoms in total. The van der Waals surface area contributed by atoms with E-state index in [0.717, 1.165) is 0 Å². The van der Waals surface area contributed by atoms with Crippen LogP contribution in [0.5, 0.6) is 0 Å². The second-order valence-corrected chi connectivity index (χ2v) is 5.03. The topological polar surface area (TPSA) is 29.0 Å². The van der Waals surface area contributed by atoms with E-state index in [2.05, 4.69) is 9.97 Å². The predicted molar refractivity (Wildman–Crippen MR) is 67.6 cm³/mol. The summed E-state index contributed by atoms with van der Waals surface area (Å²) in [5.74, 6) is -0.565. The molecule has 0 bridgehead atoms. The van der Waals surface area contributed by atoms with Crippen molar-refractivity contribution >= 4 is 29.0 Å². The maximum Gasteiger partial charge on any atom is 0.391 e. The third-order valence-electron chi connectivity index (χ3n) is 3.26. The van der Waals surface area contributed by atoms with Gasteiger partial charge in [-0.05, 0) is 12.8 Å². The highest BCUT2D eigenvalue weighted by Crippen LogP contribution is 2.36. The van der Waals surface area contributed by atoms with Crippen LogP contribution in [0.15, 0.2) is 6.33 Å². The van der Waals surface area contributed by atoms with Crippen LogP contribution in [0.2, 0.25) is 5.15 Å². The third kappa shape index (κ3) is 3.23. The molecule has 1 aliphatic rings. The molecule has 0 spiro atoms. The lowest BCUT2D eigenvalue weighted by Crippen LogP contribution is -2.39. The number of hydrogen-bond donors (Lipinski definition) is 0. The van der Waals surface area contributed by atoms with Gasteiger partial charge in [0.15, 0.2) is 0 Å². The summed E-state index contributed by atoms with van der Waals surface area (Å²) < 4.78 is 37.8. The monoisotopic (exact) mass is 313 g/mol. The Morgan fingerprint density at radius 2 is 1.89 bits per heavy atom. The van der Waals surface area contributed by atoms with Gasteiger partial charge in [-0.1, -0.05) is 11.6 Å². The van der Waals surface area contributed by atoms with Gasteiger partial charge in [0.1, 0.15) is 17.3 Å². The molecule has 1 aromatic rings. The van der Waals surface area contributed by atoms with Crippen molar-refractivity contribution in [2.75, 3.05) is 18.0 Å². The van der Waals surface area contributed by atoms with Crippen LogP contribution in [0.4, 0.5) is 19.0 Å². The second kappa shape index (κ2) is 5.71. The van der Waals surface area contributed by atoms with Gasteiger partial charge in [0.2, 0.25) is 0 Å². The Labute approximate surface area is 118 Å². The van der Waals surface area contributed by atoms with Crippen molar-refractivity contribution < 1.29 is 13.2 Å². The van der Waals surface area contributed by atoms with Gasteiger partial charge in [0, 0.05) is 18.7 Å². The van der Waals surface area contributed by atoms with Gasteiger partial charge in [-0.2, -0.15) is 13.2 Å². The van der Waals surface area contributed by atoms with E-state index in [1.54, 1.807) is 4.90 Å². The summed E-state index contributed by atoms with van der Waals surface area (Å²) in [6.45, 7) is 0.586. The van der Waals surface area contributed by atoms with E-state index in [0.29, 0.717) is 24.5 Å². The molecule has 1 fully saturated rings. The van der Waals surface area contributed by atoms with E-state index in [1.807, 2.05) is 0 Å². The number of halogens is 5. The summed E-state index contributed by atoms with van der Waals surface area (Å²) in [7, 11) is 0. The molecule has 0 saturated carbocycles. The molecule has 19 heavy (non-hydrogen) atoms. The molecule has 0 radical (unpaired) electrons. The molecule has 8 heteroatoms. The Hall–Kier alpha value is -0.750. The van der Waals surface area contributed by atoms with Gasteiger partial charge in [-0.15, -0.1) is 11.6 Å². The van der Waals surface area contributed by atoms with Crippen LogP contribution >= 0.6 is 23.2 Å². The molecular weight excluding hydrogens is 302 g/mol. The predicted octanol–water partition coefficient (Wildman–Crippen LogP) is 3.65. The third-order valence-corrected chi connectivity index (χ3v) is 3.85. The van der Waals surface area contributed by atoms with Crippen molar-refractivity contribution in [2.24, 2.45) is 5.92 Å². The first-order chi connectivity index (χ1) is 8.93. The summed E-state index contributed by atoms with van der Waals surface area (Å²) in [6, 6.07) is 0. The summed E-state index contributed by atoms with van der Waals surface area (Å²) in [5.41, 5.74) is 0.566. The number of rotatable bonds is 2. The van der Waals surface area contributed by atoms with Gasteiger partial charge in [-0.3, -0.25) is 0 Å². The molecule has 0 aliphatic carbocycles. The summed E-state index contributed by atoms with van der Waals surface area (Å²) >= 11 is 11.7. The largest absolute Gasteiger partial charge is 0.391 e. The van der Waals surface area contributed by atoms with E-state index in [4.69, 9.17) is 23.2 Å². The highest BCUT2D eigenvalue weighted by Gasteiger charge is 2.41. The molecule has 0 aromatic carbocycles. The fourth-order valence-electron chi connectivity index (χ4n) is 2.19. The molecule has 1 saturated heterocycles. The van der Waals surface area contributed by atoms with E-state index in [1.165, 1.54) is 6.33 Å². The standard InChI is InChI=1S/C11H12Cl2F3N3/c12-5-8-9(13)17-6-18-10(8)19-3-1-7(2-4-19)11(14,15)16/h6-7H,1-5H2. The Morgan fingerprint density at radius 1 is 1.26 bits per heavy atom. The number of piperidine rings is 1.